The van der Waals surface area contributed by atoms with E-state index < -0.39 is 0 Å². The molecule has 0 saturated heterocycles. The Morgan fingerprint density at radius 1 is 1.35 bits per heavy atom. The minimum absolute atomic E-state index is 0.301. The van der Waals surface area contributed by atoms with Crippen molar-refractivity contribution in [3.63, 3.8) is 0 Å². The van der Waals surface area contributed by atoms with Crippen LogP contribution in [0.25, 0.3) is 0 Å². The number of hydrogen-bond donors (Lipinski definition) is 1. The molecule has 1 aromatic heterocycles. The van der Waals surface area contributed by atoms with Gasteiger partial charge in [-0.25, -0.2) is 5.43 Å². The average Bonchev–Trinajstić information content (AvgIpc) is 2.86. The van der Waals surface area contributed by atoms with Gasteiger partial charge in [0.25, 0.3) is 5.91 Å². The third-order valence-corrected chi connectivity index (χ3v) is 4.28. The van der Waals surface area contributed by atoms with Gasteiger partial charge in [0.05, 0.1) is 16.8 Å². The number of hydrazone groups is 1. The van der Waals surface area contributed by atoms with Crippen LogP contribution in [-0.2, 0) is 6.42 Å². The van der Waals surface area contributed by atoms with Gasteiger partial charge >= 0.3 is 0 Å². The van der Waals surface area contributed by atoms with Crippen molar-refractivity contribution in [1.29, 1.82) is 0 Å². The molecule has 1 heterocycles. The smallest absolute Gasteiger partial charge is 0.267 e. The van der Waals surface area contributed by atoms with E-state index in [2.05, 4.69) is 17.5 Å². The first-order valence-electron chi connectivity index (χ1n) is 5.97. The van der Waals surface area contributed by atoms with Gasteiger partial charge in [-0.15, -0.1) is 11.3 Å². The van der Waals surface area contributed by atoms with Gasteiger partial charge in [0.2, 0.25) is 0 Å². The molecule has 0 radical (unpaired) electrons. The predicted molar refractivity (Wildman–Crippen MR) is 85.2 cm³/mol. The second-order valence-electron chi connectivity index (χ2n) is 3.98. The number of rotatable bonds is 4. The molecule has 0 spiro atoms. The molecule has 3 nitrogen and oxygen atoms in total. The van der Waals surface area contributed by atoms with Crippen LogP contribution in [-0.4, -0.2) is 12.1 Å². The third kappa shape index (κ3) is 3.82. The summed E-state index contributed by atoms with van der Waals surface area (Å²) < 4.78 is 0. The SMILES string of the molecule is CCc1ccc(/C=N/NC(=O)c2ccc(Cl)cc2Cl)s1. The van der Waals surface area contributed by atoms with Gasteiger partial charge in [0.1, 0.15) is 0 Å². The van der Waals surface area contributed by atoms with E-state index in [0.717, 1.165) is 11.3 Å². The number of aryl methyl sites for hydroxylation is 1. The lowest BCUT2D eigenvalue weighted by Gasteiger charge is -2.02. The van der Waals surface area contributed by atoms with Gasteiger partial charge in [-0.05, 0) is 36.8 Å². The number of nitrogens with zero attached hydrogens (tertiary/aromatic N) is 1. The van der Waals surface area contributed by atoms with Crippen molar-refractivity contribution in [3.05, 3.63) is 55.7 Å². The fourth-order valence-corrected chi connectivity index (χ4v) is 2.86. The van der Waals surface area contributed by atoms with Crippen molar-refractivity contribution in [1.82, 2.24) is 5.43 Å². The van der Waals surface area contributed by atoms with Crippen LogP contribution >= 0.6 is 34.5 Å². The highest BCUT2D eigenvalue weighted by Crippen LogP contribution is 2.20. The Balaban J connectivity index is 2.01. The molecule has 2 rings (SSSR count). The second kappa shape index (κ2) is 6.88. The van der Waals surface area contributed by atoms with Crippen molar-refractivity contribution in [2.45, 2.75) is 13.3 Å². The van der Waals surface area contributed by atoms with Gasteiger partial charge in [0, 0.05) is 14.8 Å². The summed E-state index contributed by atoms with van der Waals surface area (Å²) in [6.45, 7) is 2.09. The Morgan fingerprint density at radius 3 is 2.80 bits per heavy atom. The molecule has 0 bridgehead atoms. The largest absolute Gasteiger partial charge is 0.272 e. The van der Waals surface area contributed by atoms with Crippen LogP contribution in [0.1, 0.15) is 27.0 Å². The second-order valence-corrected chi connectivity index (χ2v) is 6.02. The van der Waals surface area contributed by atoms with Crippen molar-refractivity contribution in [2.24, 2.45) is 5.10 Å². The number of nitrogens with one attached hydrogen (secondary N) is 1. The number of carbonyl (C=O) groups excluding carboxylic acids is 1. The van der Waals surface area contributed by atoms with Crippen LogP contribution in [0.3, 0.4) is 0 Å². The topological polar surface area (TPSA) is 41.5 Å². The zero-order valence-corrected chi connectivity index (χ0v) is 13.0. The van der Waals surface area contributed by atoms with Crippen molar-refractivity contribution < 1.29 is 4.79 Å². The summed E-state index contributed by atoms with van der Waals surface area (Å²) in [4.78, 5) is 14.1. The Bertz CT molecular complexity index is 652. The molecule has 0 unspecified atom stereocenters. The number of carbonyl (C=O) groups is 1. The number of hydrogen-bond acceptors (Lipinski definition) is 3. The highest BCUT2D eigenvalue weighted by molar-refractivity contribution is 7.13. The fraction of sp³-hybridized carbons (Fsp3) is 0.143. The van der Waals surface area contributed by atoms with Crippen molar-refractivity contribution in [2.75, 3.05) is 0 Å². The molecule has 1 amide bonds. The molecule has 6 heteroatoms. The van der Waals surface area contributed by atoms with Crippen LogP contribution in [0.4, 0.5) is 0 Å². The molecule has 0 aliphatic rings. The minimum atomic E-state index is -0.366. The number of halogens is 2. The zero-order valence-electron chi connectivity index (χ0n) is 10.7. The van der Waals surface area contributed by atoms with Crippen LogP contribution in [0, 0.1) is 0 Å². The minimum Gasteiger partial charge on any atom is -0.267 e. The van der Waals surface area contributed by atoms with Crippen LogP contribution in [0.2, 0.25) is 10.0 Å². The van der Waals surface area contributed by atoms with Crippen LogP contribution < -0.4 is 5.43 Å². The van der Waals surface area contributed by atoms with E-state index in [1.807, 2.05) is 12.1 Å². The maximum Gasteiger partial charge on any atom is 0.272 e. The van der Waals surface area contributed by atoms with E-state index in [4.69, 9.17) is 23.2 Å². The van der Waals surface area contributed by atoms with Gasteiger partial charge in [0.15, 0.2) is 0 Å². The number of thiophene rings is 1. The van der Waals surface area contributed by atoms with Crippen LogP contribution in [0.5, 0.6) is 0 Å². The molecule has 1 N–H and O–H groups in total. The van der Waals surface area contributed by atoms with Gasteiger partial charge < -0.3 is 0 Å². The van der Waals surface area contributed by atoms with E-state index >= 15 is 0 Å². The Labute approximate surface area is 131 Å². The molecule has 0 saturated carbocycles. The van der Waals surface area contributed by atoms with E-state index in [1.165, 1.54) is 10.9 Å². The normalized spacial score (nSPS) is 10.9. The maximum atomic E-state index is 11.9. The lowest BCUT2D eigenvalue weighted by molar-refractivity contribution is 0.0955. The van der Waals surface area contributed by atoms with E-state index in [9.17, 15) is 4.79 Å². The van der Waals surface area contributed by atoms with Gasteiger partial charge in [-0.1, -0.05) is 30.1 Å². The molecular weight excluding hydrogens is 315 g/mol. The summed E-state index contributed by atoms with van der Waals surface area (Å²) in [5.74, 6) is -0.366. The molecule has 0 aliphatic carbocycles. The third-order valence-electron chi connectivity index (χ3n) is 2.56. The first kappa shape index (κ1) is 15.0. The standard InChI is InChI=1S/C14H12Cl2N2OS/c1-2-10-4-5-11(20-10)8-17-18-14(19)12-6-3-9(15)7-13(12)16/h3-8H,2H2,1H3,(H,18,19)/b17-8+. The molecule has 20 heavy (non-hydrogen) atoms. The first-order chi connectivity index (χ1) is 9.60. The highest BCUT2D eigenvalue weighted by Gasteiger charge is 2.09. The van der Waals surface area contributed by atoms with Crippen molar-refractivity contribution in [3.8, 4) is 0 Å². The summed E-state index contributed by atoms with van der Waals surface area (Å²) in [6, 6.07) is 8.71. The molecule has 0 atom stereocenters. The number of amides is 1. The fourth-order valence-electron chi connectivity index (χ4n) is 1.54. The monoisotopic (exact) mass is 326 g/mol. The first-order valence-corrected chi connectivity index (χ1v) is 7.54. The summed E-state index contributed by atoms with van der Waals surface area (Å²) in [5.41, 5.74) is 2.79. The summed E-state index contributed by atoms with van der Waals surface area (Å²) in [6.07, 6.45) is 2.61. The molecule has 0 fully saturated rings. The molecule has 1 aromatic carbocycles. The summed E-state index contributed by atoms with van der Waals surface area (Å²) >= 11 is 13.4. The maximum absolute atomic E-state index is 11.9. The van der Waals surface area contributed by atoms with E-state index in [0.29, 0.717) is 15.6 Å². The summed E-state index contributed by atoms with van der Waals surface area (Å²) in [7, 11) is 0. The zero-order chi connectivity index (χ0) is 14.5. The van der Waals surface area contributed by atoms with E-state index in [-0.39, 0.29) is 5.91 Å². The molecule has 2 aromatic rings. The van der Waals surface area contributed by atoms with Crippen molar-refractivity contribution >= 4 is 46.7 Å². The van der Waals surface area contributed by atoms with E-state index in [1.54, 1.807) is 29.7 Å². The van der Waals surface area contributed by atoms with Gasteiger partial charge in [-0.3, -0.25) is 4.79 Å². The Morgan fingerprint density at radius 2 is 2.15 bits per heavy atom. The lowest BCUT2D eigenvalue weighted by atomic mass is 10.2. The summed E-state index contributed by atoms with van der Waals surface area (Å²) in [5, 5.41) is 4.71. The molecule has 0 aliphatic heterocycles. The number of benzene rings is 1. The molecular formula is C14H12Cl2N2OS. The lowest BCUT2D eigenvalue weighted by Crippen LogP contribution is -2.17. The van der Waals surface area contributed by atoms with Gasteiger partial charge in [-0.2, -0.15) is 5.10 Å². The Kier molecular flexibility index (Phi) is 5.17. The quantitative estimate of drug-likeness (QED) is 0.657. The van der Waals surface area contributed by atoms with Crippen LogP contribution in [0.15, 0.2) is 35.4 Å². The highest BCUT2D eigenvalue weighted by atomic mass is 35.5. The Hall–Kier alpha value is -1.36. The average molecular weight is 327 g/mol. The predicted octanol–water partition coefficient (Wildman–Crippen LogP) is 4.38. The molecule has 104 valence electrons.